The molecule has 2 amide bonds. The van der Waals surface area contributed by atoms with E-state index >= 15 is 0 Å². The Kier molecular flexibility index (Phi) is 47.2. The van der Waals surface area contributed by atoms with Crippen LogP contribution in [0.1, 0.15) is 123 Å². The van der Waals surface area contributed by atoms with Crippen LogP contribution in [0.4, 0.5) is 4.79 Å². The van der Waals surface area contributed by atoms with E-state index in [2.05, 4.69) is 61.1 Å². The van der Waals surface area contributed by atoms with Gasteiger partial charge in [0.2, 0.25) is 0 Å². The number of carbonyl (C=O) groups is 2. The zero-order chi connectivity index (χ0) is 36.5. The van der Waals surface area contributed by atoms with Gasteiger partial charge < -0.3 is 50.8 Å². The average molecular weight is 1130 g/mol. The van der Waals surface area contributed by atoms with E-state index < -0.39 is 6.09 Å². The molecule has 0 spiro atoms. The number of hydrogen-bond acceptors (Lipinski definition) is 5. The van der Waals surface area contributed by atoms with Crippen molar-refractivity contribution in [1.82, 2.24) is 20.6 Å². The maximum Gasteiger partial charge on any atom is 2.00 e. The van der Waals surface area contributed by atoms with Crippen molar-refractivity contribution in [2.75, 3.05) is 6.54 Å². The molecule has 2 atom stereocenters. The van der Waals surface area contributed by atoms with Crippen LogP contribution in [-0.4, -0.2) is 34.2 Å². The van der Waals surface area contributed by atoms with Gasteiger partial charge in [0.25, 0.3) is 0 Å². The van der Waals surface area contributed by atoms with Crippen LogP contribution in [0.25, 0.3) is 0 Å². The van der Waals surface area contributed by atoms with Crippen molar-refractivity contribution in [3.8, 4) is 12.8 Å². The number of aromatic amines is 1. The molecule has 0 fully saturated rings. The number of benzene rings is 1. The summed E-state index contributed by atoms with van der Waals surface area (Å²) in [4.78, 5) is 30.9. The maximum absolute atomic E-state index is 12.2. The molecule has 0 aliphatic rings. The van der Waals surface area contributed by atoms with Gasteiger partial charge in [0.05, 0.1) is 23.8 Å². The zero-order valence-electron chi connectivity index (χ0n) is 31.7. The standard InChI is InChI=1S/C20H29N3O2.C13H22N2O.2C2H6.C2H2.2U/c1-4-15(2)9-8-12-18(19-13-21-16(3)22-19)23-20(24)25-14-17-10-6-5-7-11-17;1-4-9-15-13(16)8-7-12(14)10-11(5-2)6-3;3*1-2;;/h5-7,10-11,13,15,18H,4,8-9,12,14H2,1-3H3,(H,21,22)(H,23,24);4,8,11,14H,2-3,5-7,9-10H2,1H3,(H,15,16);2*1-2H3;1-2H;;/q;-4;;;;2*+2. The number of nitrogens with zero attached hydrogens (tertiary/aromatic N) is 1. The van der Waals surface area contributed by atoms with E-state index in [1.165, 1.54) is 12.8 Å². The summed E-state index contributed by atoms with van der Waals surface area (Å²) in [5, 5.41) is 13.4. The molecular weight excluding hydrogens is 1060 g/mol. The third-order valence-electron chi connectivity index (χ3n) is 6.86. The largest absolute Gasteiger partial charge is 2.00 e. The molecule has 1 aromatic heterocycles. The molecule has 2 unspecified atom stereocenters. The number of alkyl carbamates (subject to hydrolysis) is 1. The molecule has 1 heterocycles. The van der Waals surface area contributed by atoms with Crippen LogP contribution in [0.3, 0.4) is 0 Å². The van der Waals surface area contributed by atoms with Crippen molar-refractivity contribution in [2.45, 2.75) is 119 Å². The van der Waals surface area contributed by atoms with Gasteiger partial charge in [0, 0.05) is 0 Å². The monoisotopic (exact) mass is 1130 g/mol. The van der Waals surface area contributed by atoms with Crippen molar-refractivity contribution < 1.29 is 76.6 Å². The van der Waals surface area contributed by atoms with Crippen molar-refractivity contribution in [3.63, 3.8) is 0 Å². The number of aromatic nitrogens is 2. The topological polar surface area (TPSA) is 120 Å². The fraction of sp³-hybridized carbons (Fsp3) is 0.538. The van der Waals surface area contributed by atoms with Gasteiger partial charge in [-0.25, -0.2) is 9.78 Å². The van der Waals surface area contributed by atoms with Crippen LogP contribution in [0.2, 0.25) is 0 Å². The summed E-state index contributed by atoms with van der Waals surface area (Å²) >= 11 is 0. The first-order chi connectivity index (χ1) is 22.7. The summed E-state index contributed by atoms with van der Waals surface area (Å²) in [7, 11) is 0. The van der Waals surface area contributed by atoms with Crippen molar-refractivity contribution in [2.24, 2.45) is 11.8 Å². The van der Waals surface area contributed by atoms with Crippen molar-refractivity contribution in [1.29, 1.82) is 5.41 Å². The van der Waals surface area contributed by atoms with Gasteiger partial charge in [-0.3, -0.25) is 6.42 Å². The summed E-state index contributed by atoms with van der Waals surface area (Å²) in [6, 6.07) is 9.58. The number of ether oxygens (including phenoxy) is 1. The number of aryl methyl sites for hydroxylation is 1. The molecule has 2 aromatic rings. The van der Waals surface area contributed by atoms with E-state index in [4.69, 9.17) is 10.1 Å². The molecule has 0 aliphatic heterocycles. The Hall–Kier alpha value is -1.63. The molecule has 0 radical (unpaired) electrons. The van der Waals surface area contributed by atoms with E-state index in [9.17, 15) is 9.59 Å². The second kappa shape index (κ2) is 40.8. The molecular formula is C39H65N5O3U2. The molecule has 272 valence electrons. The summed E-state index contributed by atoms with van der Waals surface area (Å²) in [5.74, 6) is 1.81. The Labute approximate surface area is 348 Å². The molecule has 0 aliphatic carbocycles. The molecule has 8 nitrogen and oxygen atoms in total. The van der Waals surface area contributed by atoms with Gasteiger partial charge in [-0.1, -0.05) is 97.1 Å². The van der Waals surface area contributed by atoms with E-state index in [0.29, 0.717) is 36.9 Å². The Bertz CT molecular complexity index is 1040. The Balaban J connectivity index is -0.000000235. The maximum atomic E-state index is 12.2. The number of terminal acetylenes is 1. The number of carbonyl (C=O) groups excluding carboxylic acids is 2. The second-order valence-corrected chi connectivity index (χ2v) is 10.4. The number of imidazole rings is 1. The predicted octanol–water partition coefficient (Wildman–Crippen LogP) is 9.60. The molecule has 4 N–H and O–H groups in total. The van der Waals surface area contributed by atoms with Gasteiger partial charge in [-0.2, -0.15) is 19.8 Å². The first-order valence-electron chi connectivity index (χ1n) is 17.1. The summed E-state index contributed by atoms with van der Waals surface area (Å²) in [5.41, 5.74) is 2.48. The van der Waals surface area contributed by atoms with Crippen LogP contribution in [-0.2, 0) is 16.1 Å². The molecule has 0 saturated heterocycles. The van der Waals surface area contributed by atoms with Gasteiger partial charge in [0.1, 0.15) is 12.4 Å². The van der Waals surface area contributed by atoms with Crippen molar-refractivity contribution in [3.05, 3.63) is 80.3 Å². The van der Waals surface area contributed by atoms with E-state index in [-0.39, 0.29) is 80.8 Å². The quantitative estimate of drug-likeness (QED) is 0.0676. The van der Waals surface area contributed by atoms with Crippen LogP contribution in [0, 0.1) is 126 Å². The molecule has 0 saturated carbocycles. The van der Waals surface area contributed by atoms with Gasteiger partial charge in [0.15, 0.2) is 0 Å². The summed E-state index contributed by atoms with van der Waals surface area (Å²) < 4.78 is 5.35. The number of H-pyrrole nitrogens is 1. The van der Waals surface area contributed by atoms with E-state index in [1.54, 1.807) is 6.20 Å². The normalized spacial score (nSPS) is 10.4. The Morgan fingerprint density at radius 1 is 1.06 bits per heavy atom. The first-order valence-corrected chi connectivity index (χ1v) is 17.1. The number of rotatable bonds is 18. The minimum absolute atomic E-state index is 0. The zero-order valence-corrected chi connectivity index (χ0v) is 40.0. The minimum atomic E-state index is -0.398. The van der Waals surface area contributed by atoms with Crippen LogP contribution >= 0.6 is 0 Å². The molecule has 1 aromatic carbocycles. The fourth-order valence-corrected chi connectivity index (χ4v) is 3.97. The summed E-state index contributed by atoms with van der Waals surface area (Å²) in [6.45, 7) is 24.7. The van der Waals surface area contributed by atoms with Crippen LogP contribution in [0.15, 0.2) is 36.5 Å². The predicted molar refractivity (Wildman–Crippen MR) is 199 cm³/mol. The number of amides is 2. The van der Waals surface area contributed by atoms with E-state index in [1.807, 2.05) is 78.3 Å². The summed E-state index contributed by atoms with van der Waals surface area (Å²) in [6.07, 6.45) is 19.7. The second-order valence-electron chi connectivity index (χ2n) is 10.4. The smallest absolute Gasteiger partial charge is 0.445 e. The number of hydrogen-bond donors (Lipinski definition) is 4. The molecule has 0 bridgehead atoms. The SMILES string of the molecule is C#C.CC.CC.CCC(C)CCCC(NC(=O)OCc1ccccc1)c1cnc(C)[nH]1.[CH2-]CC(C[CH2-])CC(=N)C[CH-]C(=O)NC[CH-]C.[U+2].[U+2]. The molecule has 2 rings (SSSR count). The Morgan fingerprint density at radius 2 is 1.65 bits per heavy atom. The molecule has 10 heteroatoms. The van der Waals surface area contributed by atoms with E-state index in [0.717, 1.165) is 49.2 Å². The average Bonchev–Trinajstić information content (AvgIpc) is 3.56. The first kappa shape index (κ1) is 56.7. The van der Waals surface area contributed by atoms with Crippen LogP contribution < -0.4 is 10.6 Å². The van der Waals surface area contributed by atoms with Crippen LogP contribution in [0.5, 0.6) is 0 Å². The fourth-order valence-electron chi connectivity index (χ4n) is 3.97. The number of nitrogens with one attached hydrogen (secondary N) is 4. The third-order valence-corrected chi connectivity index (χ3v) is 6.86. The third kappa shape index (κ3) is 32.1. The van der Waals surface area contributed by atoms with Gasteiger partial charge >= 0.3 is 68.3 Å². The minimum Gasteiger partial charge on any atom is -0.445 e. The van der Waals surface area contributed by atoms with Gasteiger partial charge in [-0.15, -0.1) is 25.8 Å². The van der Waals surface area contributed by atoms with Crippen molar-refractivity contribution >= 4 is 17.7 Å². The van der Waals surface area contributed by atoms with Gasteiger partial charge in [-0.05, 0) is 37.0 Å². The Morgan fingerprint density at radius 3 is 2.14 bits per heavy atom. The molecule has 49 heavy (non-hydrogen) atoms.